The van der Waals surface area contributed by atoms with Crippen LogP contribution in [0.4, 0.5) is 0 Å². The van der Waals surface area contributed by atoms with E-state index in [9.17, 15) is 0 Å². The van der Waals surface area contributed by atoms with E-state index >= 15 is 0 Å². The number of hydrogen-bond acceptors (Lipinski definition) is 3. The van der Waals surface area contributed by atoms with Crippen LogP contribution in [0.1, 0.15) is 0 Å². The first-order chi connectivity index (χ1) is 3.00. The van der Waals surface area contributed by atoms with Gasteiger partial charge in [0, 0.05) is 0 Å². The van der Waals surface area contributed by atoms with Crippen LogP contribution in [0.2, 0.25) is 0 Å². The van der Waals surface area contributed by atoms with Gasteiger partial charge in [-0.15, -0.1) is 4.86 Å². The fourth-order valence-corrected chi connectivity index (χ4v) is 0.437. The van der Waals surface area contributed by atoms with Gasteiger partial charge in [-0.3, -0.25) is 0 Å². The van der Waals surface area contributed by atoms with Crippen LogP contribution in [-0.4, -0.2) is 14.7 Å². The molecular formula is C2H2N3P. The van der Waals surface area contributed by atoms with Gasteiger partial charge in [0.1, 0.15) is 0 Å². The molecule has 0 aromatic carbocycles. The molecule has 1 heterocycles. The zero-order valence-electron chi connectivity index (χ0n) is 2.94. The molecule has 0 bridgehead atoms. The number of rotatable bonds is 0. The second-order valence-electron chi connectivity index (χ2n) is 0.708. The molecule has 0 aliphatic heterocycles. The van der Waals surface area contributed by atoms with Crippen molar-refractivity contribution < 1.29 is 0 Å². The highest BCUT2D eigenvalue weighted by Gasteiger charge is 1.61. The Morgan fingerprint density at radius 3 is 2.50 bits per heavy atom. The van der Waals surface area contributed by atoms with Crippen LogP contribution < -0.4 is 0 Å². The topological polar surface area (TPSA) is 38.7 Å². The standard InChI is InChI=1S/C2H2N3P/c1-2-4-6-5-3-1/h1-2H. The lowest BCUT2D eigenvalue weighted by Gasteiger charge is -1.67. The molecule has 0 atom stereocenters. The Hall–Kier alpha value is -0.560. The Labute approximate surface area is 36.7 Å². The highest BCUT2D eigenvalue weighted by Crippen LogP contribution is 1.79. The largest absolute Gasteiger partial charge is 0.214 e. The normalized spacial score (nSPS) is 9.33. The summed E-state index contributed by atoms with van der Waals surface area (Å²) in [6.45, 7) is 0. The minimum Gasteiger partial charge on any atom is -0.214 e. The summed E-state index contributed by atoms with van der Waals surface area (Å²) in [5.41, 5.74) is 0. The molecule has 6 heavy (non-hydrogen) atoms. The summed E-state index contributed by atoms with van der Waals surface area (Å²) in [6, 6.07) is 0. The lowest BCUT2D eigenvalue weighted by atomic mass is 11.0. The van der Waals surface area contributed by atoms with E-state index in [0.717, 1.165) is 0 Å². The lowest BCUT2D eigenvalue weighted by Crippen LogP contribution is -1.67. The average molecular weight is 99.0 g/mol. The van der Waals surface area contributed by atoms with E-state index in [4.69, 9.17) is 0 Å². The van der Waals surface area contributed by atoms with E-state index in [-0.39, 0.29) is 0 Å². The van der Waals surface area contributed by atoms with Crippen molar-refractivity contribution in [1.29, 1.82) is 0 Å². The summed E-state index contributed by atoms with van der Waals surface area (Å²) in [7, 11) is 0.695. The molecule has 0 fully saturated rings. The molecule has 1 aromatic rings. The molecule has 0 amide bonds. The summed E-state index contributed by atoms with van der Waals surface area (Å²) in [5.74, 6) is 0. The van der Waals surface area contributed by atoms with Crippen molar-refractivity contribution in [2.24, 2.45) is 0 Å². The van der Waals surface area contributed by atoms with Crippen molar-refractivity contribution in [2.75, 3.05) is 0 Å². The van der Waals surface area contributed by atoms with Crippen molar-refractivity contribution in [2.45, 2.75) is 0 Å². The molecule has 0 aliphatic carbocycles. The third-order valence-electron chi connectivity index (χ3n) is 0.343. The van der Waals surface area contributed by atoms with Crippen molar-refractivity contribution in [3.63, 3.8) is 0 Å². The van der Waals surface area contributed by atoms with Gasteiger partial charge in [0.25, 0.3) is 0 Å². The van der Waals surface area contributed by atoms with Crippen LogP contribution in [-0.2, 0) is 0 Å². The Bertz CT molecular complexity index is 80.7. The first-order valence-corrected chi connectivity index (χ1v) is 2.25. The quantitative estimate of drug-likeness (QED) is 0.474. The van der Waals surface area contributed by atoms with Gasteiger partial charge >= 0.3 is 0 Å². The number of hydrogen-bond donors (Lipinski definition) is 0. The summed E-state index contributed by atoms with van der Waals surface area (Å²) >= 11 is 0. The first kappa shape index (κ1) is 3.62. The van der Waals surface area contributed by atoms with E-state index in [2.05, 4.69) is 14.7 Å². The Morgan fingerprint density at radius 2 is 2.33 bits per heavy atom. The summed E-state index contributed by atoms with van der Waals surface area (Å²) in [5, 5.41) is 3.52. The molecule has 0 saturated heterocycles. The third-order valence-corrected chi connectivity index (χ3v) is 0.763. The highest BCUT2D eigenvalue weighted by atomic mass is 31.1. The highest BCUT2D eigenvalue weighted by molar-refractivity contribution is 7.20. The van der Waals surface area contributed by atoms with Gasteiger partial charge < -0.3 is 0 Å². The van der Waals surface area contributed by atoms with Gasteiger partial charge in [-0.1, -0.05) is 0 Å². The van der Waals surface area contributed by atoms with E-state index in [1.54, 1.807) is 12.4 Å². The molecule has 0 spiro atoms. The van der Waals surface area contributed by atoms with Crippen LogP contribution in [0.5, 0.6) is 0 Å². The Morgan fingerprint density at radius 1 is 1.33 bits per heavy atom. The predicted octanol–water partition coefficient (Wildman–Crippen LogP) is 0.452. The summed E-state index contributed by atoms with van der Waals surface area (Å²) in [4.78, 5) is 3.52. The maximum atomic E-state index is 3.71. The molecule has 0 radical (unpaired) electrons. The van der Waals surface area contributed by atoms with Crippen LogP contribution in [0, 0.1) is 0 Å². The molecule has 0 saturated carbocycles. The zero-order valence-corrected chi connectivity index (χ0v) is 3.84. The van der Waals surface area contributed by atoms with Gasteiger partial charge in [0.15, 0.2) is 8.51 Å². The second-order valence-corrected chi connectivity index (χ2v) is 1.30. The predicted molar refractivity (Wildman–Crippen MR) is 22.3 cm³/mol. The van der Waals surface area contributed by atoms with Crippen molar-refractivity contribution >= 4 is 8.51 Å². The molecule has 30 valence electrons. The molecule has 0 unspecified atom stereocenters. The average Bonchev–Trinajstić information content (AvgIpc) is 1.72. The van der Waals surface area contributed by atoms with Crippen LogP contribution in [0.25, 0.3) is 0 Å². The fourth-order valence-electron chi connectivity index (χ4n) is 0.165. The molecule has 1 aromatic heterocycles. The molecular weight excluding hydrogens is 97.0 g/mol. The minimum atomic E-state index is 0.695. The van der Waals surface area contributed by atoms with Gasteiger partial charge in [0.2, 0.25) is 0 Å². The van der Waals surface area contributed by atoms with Crippen LogP contribution in [0.3, 0.4) is 0 Å². The number of aromatic nitrogens is 3. The maximum Gasteiger partial charge on any atom is 0.178 e. The van der Waals surface area contributed by atoms with Crippen LogP contribution in [0.15, 0.2) is 12.4 Å². The van der Waals surface area contributed by atoms with Crippen molar-refractivity contribution in [3.05, 3.63) is 12.4 Å². The first-order valence-electron chi connectivity index (χ1n) is 1.45. The van der Waals surface area contributed by atoms with E-state index < -0.39 is 0 Å². The summed E-state index contributed by atoms with van der Waals surface area (Å²) in [6.07, 6.45) is 3.17. The van der Waals surface area contributed by atoms with Gasteiger partial charge in [-0.2, -0.15) is 5.10 Å². The molecule has 0 aliphatic rings. The minimum absolute atomic E-state index is 0.695. The second kappa shape index (κ2) is 1.78. The monoisotopic (exact) mass is 99.0 g/mol. The fraction of sp³-hybridized carbons (Fsp3) is 0. The zero-order chi connectivity index (χ0) is 4.24. The van der Waals surface area contributed by atoms with Crippen molar-refractivity contribution in [1.82, 2.24) is 14.7 Å². The number of nitrogens with zero attached hydrogens (tertiary/aromatic N) is 3. The molecule has 1 rings (SSSR count). The summed E-state index contributed by atoms with van der Waals surface area (Å²) < 4.78 is 3.71. The molecule has 3 nitrogen and oxygen atoms in total. The van der Waals surface area contributed by atoms with E-state index in [1.807, 2.05) is 0 Å². The smallest absolute Gasteiger partial charge is 0.178 e. The lowest BCUT2D eigenvalue weighted by molar-refractivity contribution is 1.11. The van der Waals surface area contributed by atoms with Gasteiger partial charge in [-0.05, 0) is 0 Å². The van der Waals surface area contributed by atoms with Crippen molar-refractivity contribution in [3.8, 4) is 0 Å². The van der Waals surface area contributed by atoms with E-state index in [0.29, 0.717) is 8.51 Å². The Balaban J connectivity index is 3.00. The Kier molecular flexibility index (Phi) is 1.07. The van der Waals surface area contributed by atoms with Gasteiger partial charge in [0.05, 0.1) is 12.4 Å². The molecule has 4 heteroatoms. The molecule has 0 N–H and O–H groups in total. The maximum absolute atomic E-state index is 3.71. The SMILES string of the molecule is c1cnpnn1. The van der Waals surface area contributed by atoms with Crippen LogP contribution >= 0.6 is 8.51 Å². The van der Waals surface area contributed by atoms with E-state index in [1.165, 1.54) is 0 Å². The van der Waals surface area contributed by atoms with Gasteiger partial charge in [-0.25, -0.2) is 4.75 Å². The third kappa shape index (κ3) is 0.692.